The molecule has 2 amide bonds. The third-order valence-corrected chi connectivity index (χ3v) is 5.77. The molecule has 1 atom stereocenters. The van der Waals surface area contributed by atoms with Crippen LogP contribution >= 0.6 is 0 Å². The van der Waals surface area contributed by atoms with E-state index >= 15 is 0 Å². The summed E-state index contributed by atoms with van der Waals surface area (Å²) in [5.41, 5.74) is 1.53. The molecule has 26 heavy (non-hydrogen) atoms. The summed E-state index contributed by atoms with van der Waals surface area (Å²) in [6.45, 7) is 4.69. The van der Waals surface area contributed by atoms with E-state index in [1.54, 1.807) is 6.20 Å². The smallest absolute Gasteiger partial charge is 0.255 e. The van der Waals surface area contributed by atoms with Crippen LogP contribution in [0.15, 0.2) is 18.3 Å². The van der Waals surface area contributed by atoms with Crippen LogP contribution in [0.2, 0.25) is 0 Å². The molecule has 2 saturated heterocycles. The van der Waals surface area contributed by atoms with E-state index in [0.717, 1.165) is 51.0 Å². The molecule has 3 heterocycles. The molecule has 140 valence electrons. The van der Waals surface area contributed by atoms with Crippen molar-refractivity contribution in [2.45, 2.75) is 51.1 Å². The van der Waals surface area contributed by atoms with Crippen molar-refractivity contribution in [2.75, 3.05) is 26.3 Å². The normalized spacial score (nSPS) is 23.9. The quantitative estimate of drug-likeness (QED) is 0.827. The van der Waals surface area contributed by atoms with Crippen molar-refractivity contribution in [3.8, 4) is 0 Å². The molecule has 1 aromatic rings. The van der Waals surface area contributed by atoms with Gasteiger partial charge in [-0.05, 0) is 51.2 Å². The molecule has 0 N–H and O–H groups in total. The zero-order chi connectivity index (χ0) is 18.1. The van der Waals surface area contributed by atoms with Crippen molar-refractivity contribution in [2.24, 2.45) is 5.92 Å². The van der Waals surface area contributed by atoms with Crippen molar-refractivity contribution < 1.29 is 14.3 Å². The Morgan fingerprint density at radius 3 is 2.54 bits per heavy atom. The number of carbonyl (C=O) groups is 2. The number of likely N-dealkylation sites (tertiary alicyclic amines) is 1. The average Bonchev–Trinajstić information content (AvgIpc) is 3.41. The largest absolute Gasteiger partial charge is 0.381 e. The van der Waals surface area contributed by atoms with Gasteiger partial charge in [0, 0.05) is 50.2 Å². The first-order valence-electron chi connectivity index (χ1n) is 9.75. The Hall–Kier alpha value is -1.95. The molecule has 4 rings (SSSR count). The second kappa shape index (κ2) is 7.35. The summed E-state index contributed by atoms with van der Waals surface area (Å²) in [4.78, 5) is 34.0. The van der Waals surface area contributed by atoms with E-state index in [2.05, 4.69) is 9.88 Å². The van der Waals surface area contributed by atoms with Gasteiger partial charge in [-0.25, -0.2) is 0 Å². The van der Waals surface area contributed by atoms with Gasteiger partial charge in [0.1, 0.15) is 0 Å². The third-order valence-electron chi connectivity index (χ3n) is 5.77. The topological polar surface area (TPSA) is 62.7 Å². The van der Waals surface area contributed by atoms with Gasteiger partial charge in [0.2, 0.25) is 5.91 Å². The number of hydrogen-bond donors (Lipinski definition) is 0. The molecule has 1 saturated carbocycles. The Morgan fingerprint density at radius 1 is 1.12 bits per heavy atom. The van der Waals surface area contributed by atoms with Gasteiger partial charge < -0.3 is 14.5 Å². The number of pyridine rings is 1. The van der Waals surface area contributed by atoms with E-state index in [0.29, 0.717) is 24.6 Å². The molecule has 0 aromatic carbocycles. The lowest BCUT2D eigenvalue weighted by Crippen LogP contribution is -2.51. The Kier molecular flexibility index (Phi) is 4.94. The van der Waals surface area contributed by atoms with Crippen molar-refractivity contribution in [1.82, 2.24) is 14.8 Å². The van der Waals surface area contributed by atoms with Crippen LogP contribution in [0.25, 0.3) is 0 Å². The summed E-state index contributed by atoms with van der Waals surface area (Å²) < 4.78 is 5.49. The first-order valence-corrected chi connectivity index (χ1v) is 9.75. The predicted molar refractivity (Wildman–Crippen MR) is 96.7 cm³/mol. The van der Waals surface area contributed by atoms with Crippen LogP contribution < -0.4 is 0 Å². The van der Waals surface area contributed by atoms with E-state index in [1.165, 1.54) is 0 Å². The molecule has 6 nitrogen and oxygen atoms in total. The number of aromatic nitrogens is 1. The minimum atomic E-state index is 0.0193. The lowest BCUT2D eigenvalue weighted by Gasteiger charge is -2.38. The fraction of sp³-hybridized carbons (Fsp3) is 0.650. The molecule has 2 aliphatic heterocycles. The summed E-state index contributed by atoms with van der Waals surface area (Å²) in [6.07, 6.45) is 6.36. The summed E-state index contributed by atoms with van der Waals surface area (Å²) in [7, 11) is 0. The SMILES string of the molecule is Cc1ccc(C(=O)N2CCC(N(C(=O)C3CC3)C3CCOCC3)C2)cn1. The molecule has 1 aliphatic carbocycles. The highest BCUT2D eigenvalue weighted by molar-refractivity contribution is 5.94. The van der Waals surface area contributed by atoms with Crippen molar-refractivity contribution in [3.63, 3.8) is 0 Å². The van der Waals surface area contributed by atoms with Crippen LogP contribution in [0.5, 0.6) is 0 Å². The highest BCUT2D eigenvalue weighted by atomic mass is 16.5. The molecule has 1 aromatic heterocycles. The first-order chi connectivity index (χ1) is 12.6. The fourth-order valence-electron chi connectivity index (χ4n) is 4.09. The summed E-state index contributed by atoms with van der Waals surface area (Å²) in [6, 6.07) is 4.10. The minimum absolute atomic E-state index is 0.0193. The number of rotatable bonds is 4. The monoisotopic (exact) mass is 357 g/mol. The number of nitrogens with zero attached hydrogens (tertiary/aromatic N) is 3. The van der Waals surface area contributed by atoms with Gasteiger partial charge in [-0.3, -0.25) is 14.6 Å². The van der Waals surface area contributed by atoms with E-state index < -0.39 is 0 Å². The maximum atomic E-state index is 12.9. The Balaban J connectivity index is 1.46. The summed E-state index contributed by atoms with van der Waals surface area (Å²) in [5.74, 6) is 0.530. The highest BCUT2D eigenvalue weighted by Gasteiger charge is 2.42. The molecular weight excluding hydrogens is 330 g/mol. The molecule has 6 heteroatoms. The van der Waals surface area contributed by atoms with Gasteiger partial charge >= 0.3 is 0 Å². The zero-order valence-corrected chi connectivity index (χ0v) is 15.4. The van der Waals surface area contributed by atoms with Gasteiger partial charge in [-0.15, -0.1) is 0 Å². The fourth-order valence-corrected chi connectivity index (χ4v) is 4.09. The van der Waals surface area contributed by atoms with E-state index in [1.807, 2.05) is 24.0 Å². The third kappa shape index (κ3) is 3.61. The first kappa shape index (κ1) is 17.5. The van der Waals surface area contributed by atoms with Crippen LogP contribution in [0.1, 0.15) is 48.2 Å². The van der Waals surface area contributed by atoms with Gasteiger partial charge in [0.25, 0.3) is 5.91 Å². The van der Waals surface area contributed by atoms with Gasteiger partial charge in [-0.1, -0.05) is 0 Å². The van der Waals surface area contributed by atoms with Crippen molar-refractivity contribution in [1.29, 1.82) is 0 Å². The Morgan fingerprint density at radius 2 is 1.88 bits per heavy atom. The Labute approximate surface area is 154 Å². The second-order valence-corrected chi connectivity index (χ2v) is 7.75. The summed E-state index contributed by atoms with van der Waals surface area (Å²) >= 11 is 0. The number of aryl methyl sites for hydroxylation is 1. The molecule has 3 fully saturated rings. The maximum absolute atomic E-state index is 12.9. The number of hydrogen-bond acceptors (Lipinski definition) is 4. The second-order valence-electron chi connectivity index (χ2n) is 7.75. The van der Waals surface area contributed by atoms with Crippen molar-refractivity contribution in [3.05, 3.63) is 29.6 Å². The van der Waals surface area contributed by atoms with Crippen LogP contribution in [-0.4, -0.2) is 65.0 Å². The average molecular weight is 357 g/mol. The van der Waals surface area contributed by atoms with Crippen LogP contribution in [0.4, 0.5) is 0 Å². The zero-order valence-electron chi connectivity index (χ0n) is 15.4. The van der Waals surface area contributed by atoms with Gasteiger partial charge in [0.05, 0.1) is 11.6 Å². The molecule has 0 spiro atoms. The molecule has 0 radical (unpaired) electrons. The highest BCUT2D eigenvalue weighted by Crippen LogP contribution is 2.35. The molecule has 0 bridgehead atoms. The molecule has 1 unspecified atom stereocenters. The predicted octanol–water partition coefficient (Wildman–Crippen LogP) is 2.02. The van der Waals surface area contributed by atoms with E-state index in [4.69, 9.17) is 4.74 Å². The summed E-state index contributed by atoms with van der Waals surface area (Å²) in [5, 5.41) is 0. The van der Waals surface area contributed by atoms with Gasteiger partial charge in [0.15, 0.2) is 0 Å². The lowest BCUT2D eigenvalue weighted by atomic mass is 10.0. The standard InChI is InChI=1S/C20H27N3O3/c1-14-2-3-16(12-21-14)19(24)22-9-6-18(13-22)23(20(25)15-4-5-15)17-7-10-26-11-8-17/h2-3,12,15,17-18H,4-11,13H2,1H3. The number of carbonyl (C=O) groups excluding carboxylic acids is 2. The van der Waals surface area contributed by atoms with Crippen LogP contribution in [-0.2, 0) is 9.53 Å². The van der Waals surface area contributed by atoms with Crippen molar-refractivity contribution >= 4 is 11.8 Å². The lowest BCUT2D eigenvalue weighted by molar-refractivity contribution is -0.139. The number of amides is 2. The molecule has 3 aliphatic rings. The van der Waals surface area contributed by atoms with Gasteiger partial charge in [-0.2, -0.15) is 0 Å². The van der Waals surface area contributed by atoms with Crippen LogP contribution in [0.3, 0.4) is 0 Å². The Bertz CT molecular complexity index is 665. The van der Waals surface area contributed by atoms with E-state index in [-0.39, 0.29) is 23.9 Å². The number of ether oxygens (including phenoxy) is 1. The van der Waals surface area contributed by atoms with Crippen LogP contribution in [0, 0.1) is 12.8 Å². The molecular formula is C20H27N3O3. The minimum Gasteiger partial charge on any atom is -0.381 e. The maximum Gasteiger partial charge on any atom is 0.255 e. The van der Waals surface area contributed by atoms with E-state index in [9.17, 15) is 9.59 Å².